The van der Waals surface area contributed by atoms with Crippen molar-refractivity contribution in [3.05, 3.63) is 114 Å². The molecule has 0 fully saturated rings. The molecule has 0 bridgehead atoms. The van der Waals surface area contributed by atoms with Gasteiger partial charge in [0.2, 0.25) is 0 Å². The third kappa shape index (κ3) is 4.13. The van der Waals surface area contributed by atoms with Gasteiger partial charge in [-0.3, -0.25) is 9.48 Å². The summed E-state index contributed by atoms with van der Waals surface area (Å²) in [6.07, 6.45) is 0. The second-order valence-electron chi connectivity index (χ2n) is 8.08. The Morgan fingerprint density at radius 3 is 2.30 bits per heavy atom. The van der Waals surface area contributed by atoms with Crippen molar-refractivity contribution in [1.82, 2.24) is 14.8 Å². The fraction of sp³-hybridized carbons (Fsp3) is 0.107. The third-order valence-electron chi connectivity index (χ3n) is 5.83. The van der Waals surface area contributed by atoms with Crippen LogP contribution in [-0.4, -0.2) is 20.7 Å². The van der Waals surface area contributed by atoms with Gasteiger partial charge in [-0.1, -0.05) is 78.9 Å². The van der Waals surface area contributed by atoms with Crippen LogP contribution in [0.1, 0.15) is 27.3 Å². The van der Waals surface area contributed by atoms with Crippen molar-refractivity contribution in [2.45, 2.75) is 20.4 Å². The molecule has 0 radical (unpaired) electrons. The van der Waals surface area contributed by atoms with E-state index in [1.807, 2.05) is 97.4 Å². The van der Waals surface area contributed by atoms with Gasteiger partial charge in [-0.2, -0.15) is 5.10 Å². The summed E-state index contributed by atoms with van der Waals surface area (Å²) in [4.78, 5) is 18.3. The van der Waals surface area contributed by atoms with Crippen LogP contribution < -0.4 is 5.32 Å². The highest BCUT2D eigenvalue weighted by atomic mass is 16.1. The number of carbonyl (C=O) groups is 1. The standard InChI is InChI=1S/C28H24N4O/c1-19-27(20(2)32(31-19)18-21-11-5-3-6-12-21)30-28(33)24-17-26(22-13-7-4-8-14-22)29-25-16-10-9-15-23(24)25/h3-17H,18H2,1-2H3,(H,30,33). The Morgan fingerprint density at radius 1 is 0.879 bits per heavy atom. The van der Waals surface area contributed by atoms with Crippen LogP contribution in [0.4, 0.5) is 5.69 Å². The summed E-state index contributed by atoms with van der Waals surface area (Å²) in [5.41, 5.74) is 6.75. The molecule has 0 saturated carbocycles. The fourth-order valence-electron chi connectivity index (χ4n) is 4.09. The number of aryl methyl sites for hydroxylation is 1. The molecular formula is C28H24N4O. The Morgan fingerprint density at radius 2 is 1.55 bits per heavy atom. The summed E-state index contributed by atoms with van der Waals surface area (Å²) in [7, 11) is 0. The molecular weight excluding hydrogens is 408 g/mol. The van der Waals surface area contributed by atoms with E-state index in [4.69, 9.17) is 4.98 Å². The molecule has 1 amide bonds. The van der Waals surface area contributed by atoms with Crippen LogP contribution in [0.3, 0.4) is 0 Å². The molecule has 3 aromatic carbocycles. The van der Waals surface area contributed by atoms with Gasteiger partial charge in [-0.25, -0.2) is 4.98 Å². The molecule has 0 aliphatic heterocycles. The van der Waals surface area contributed by atoms with E-state index in [2.05, 4.69) is 22.5 Å². The molecule has 162 valence electrons. The lowest BCUT2D eigenvalue weighted by molar-refractivity contribution is 0.102. The molecule has 1 N–H and O–H groups in total. The molecule has 5 aromatic rings. The summed E-state index contributed by atoms with van der Waals surface area (Å²) in [5, 5.41) is 8.61. The van der Waals surface area contributed by atoms with E-state index >= 15 is 0 Å². The van der Waals surface area contributed by atoms with Crippen LogP contribution in [0.2, 0.25) is 0 Å². The summed E-state index contributed by atoms with van der Waals surface area (Å²) < 4.78 is 1.93. The van der Waals surface area contributed by atoms with Gasteiger partial charge in [-0.05, 0) is 31.5 Å². The average Bonchev–Trinajstić information content (AvgIpc) is 3.11. The van der Waals surface area contributed by atoms with E-state index in [1.165, 1.54) is 0 Å². The first kappa shape index (κ1) is 20.6. The first-order valence-corrected chi connectivity index (χ1v) is 10.9. The predicted molar refractivity (Wildman–Crippen MR) is 132 cm³/mol. The molecule has 0 aliphatic carbocycles. The highest BCUT2D eigenvalue weighted by Crippen LogP contribution is 2.27. The number of rotatable bonds is 5. The lowest BCUT2D eigenvalue weighted by atomic mass is 10.0. The van der Waals surface area contributed by atoms with Crippen molar-refractivity contribution < 1.29 is 4.79 Å². The SMILES string of the molecule is Cc1nn(Cc2ccccc2)c(C)c1NC(=O)c1cc(-c2ccccc2)nc2ccccc12. The number of anilines is 1. The van der Waals surface area contributed by atoms with Crippen LogP contribution >= 0.6 is 0 Å². The molecule has 2 heterocycles. The topological polar surface area (TPSA) is 59.8 Å². The maximum Gasteiger partial charge on any atom is 0.256 e. The number of amides is 1. The second kappa shape index (κ2) is 8.71. The number of fused-ring (bicyclic) bond motifs is 1. The molecule has 5 rings (SSSR count). The van der Waals surface area contributed by atoms with Gasteiger partial charge in [-0.15, -0.1) is 0 Å². The summed E-state index contributed by atoms with van der Waals surface area (Å²) >= 11 is 0. The monoisotopic (exact) mass is 432 g/mol. The molecule has 0 saturated heterocycles. The van der Waals surface area contributed by atoms with Crippen molar-refractivity contribution in [2.75, 3.05) is 5.32 Å². The zero-order chi connectivity index (χ0) is 22.8. The largest absolute Gasteiger partial charge is 0.319 e. The van der Waals surface area contributed by atoms with Gasteiger partial charge in [0, 0.05) is 10.9 Å². The van der Waals surface area contributed by atoms with Crippen LogP contribution in [0, 0.1) is 13.8 Å². The third-order valence-corrected chi connectivity index (χ3v) is 5.83. The lowest BCUT2D eigenvalue weighted by Crippen LogP contribution is -2.14. The van der Waals surface area contributed by atoms with Gasteiger partial charge in [0.1, 0.15) is 0 Å². The quantitative estimate of drug-likeness (QED) is 0.370. The van der Waals surface area contributed by atoms with Crippen LogP contribution in [0.25, 0.3) is 22.2 Å². The van der Waals surface area contributed by atoms with Gasteiger partial charge in [0.15, 0.2) is 0 Å². The number of para-hydroxylation sites is 1. The van der Waals surface area contributed by atoms with E-state index in [1.54, 1.807) is 0 Å². The van der Waals surface area contributed by atoms with E-state index in [0.717, 1.165) is 44.8 Å². The maximum atomic E-state index is 13.5. The second-order valence-corrected chi connectivity index (χ2v) is 8.08. The fourth-order valence-corrected chi connectivity index (χ4v) is 4.09. The predicted octanol–water partition coefficient (Wildman–Crippen LogP) is 6.02. The lowest BCUT2D eigenvalue weighted by Gasteiger charge is -2.11. The Hall–Kier alpha value is -4.25. The Balaban J connectivity index is 1.51. The highest BCUT2D eigenvalue weighted by molar-refractivity contribution is 6.13. The minimum atomic E-state index is -0.170. The molecule has 2 aromatic heterocycles. The first-order valence-electron chi connectivity index (χ1n) is 10.9. The van der Waals surface area contributed by atoms with Gasteiger partial charge in [0.25, 0.3) is 5.91 Å². The number of nitrogens with one attached hydrogen (secondary N) is 1. The van der Waals surface area contributed by atoms with Crippen LogP contribution in [0.5, 0.6) is 0 Å². The minimum Gasteiger partial charge on any atom is -0.319 e. The normalized spacial score (nSPS) is 11.0. The van der Waals surface area contributed by atoms with E-state index < -0.39 is 0 Å². The van der Waals surface area contributed by atoms with Crippen molar-refractivity contribution in [1.29, 1.82) is 0 Å². The number of benzene rings is 3. The van der Waals surface area contributed by atoms with E-state index in [0.29, 0.717) is 12.1 Å². The van der Waals surface area contributed by atoms with Gasteiger partial charge in [0.05, 0.1) is 40.4 Å². The highest BCUT2D eigenvalue weighted by Gasteiger charge is 2.18. The number of aromatic nitrogens is 3. The number of carbonyl (C=O) groups excluding carboxylic acids is 1. The van der Waals surface area contributed by atoms with E-state index in [9.17, 15) is 4.79 Å². The average molecular weight is 433 g/mol. The van der Waals surface area contributed by atoms with Gasteiger partial charge < -0.3 is 5.32 Å². The first-order chi connectivity index (χ1) is 16.1. The van der Waals surface area contributed by atoms with Crippen molar-refractivity contribution in [2.24, 2.45) is 0 Å². The number of pyridine rings is 1. The zero-order valence-corrected chi connectivity index (χ0v) is 18.6. The molecule has 0 atom stereocenters. The maximum absolute atomic E-state index is 13.5. The number of nitrogens with zero attached hydrogens (tertiary/aromatic N) is 3. The minimum absolute atomic E-state index is 0.170. The van der Waals surface area contributed by atoms with Crippen LogP contribution in [0.15, 0.2) is 91.0 Å². The summed E-state index contributed by atoms with van der Waals surface area (Å²) in [5.74, 6) is -0.170. The summed E-state index contributed by atoms with van der Waals surface area (Å²) in [6.45, 7) is 4.56. The number of hydrogen-bond acceptors (Lipinski definition) is 3. The molecule has 0 unspecified atom stereocenters. The zero-order valence-electron chi connectivity index (χ0n) is 18.6. The molecule has 33 heavy (non-hydrogen) atoms. The van der Waals surface area contributed by atoms with E-state index in [-0.39, 0.29) is 5.91 Å². The Bertz CT molecular complexity index is 1440. The number of hydrogen-bond donors (Lipinski definition) is 1. The Labute approximate surface area is 192 Å². The van der Waals surface area contributed by atoms with Crippen molar-refractivity contribution in [3.8, 4) is 11.3 Å². The smallest absolute Gasteiger partial charge is 0.256 e. The van der Waals surface area contributed by atoms with Crippen molar-refractivity contribution >= 4 is 22.5 Å². The Kier molecular flexibility index (Phi) is 5.45. The molecule has 5 heteroatoms. The molecule has 5 nitrogen and oxygen atoms in total. The molecule has 0 aliphatic rings. The van der Waals surface area contributed by atoms with Crippen molar-refractivity contribution in [3.63, 3.8) is 0 Å². The van der Waals surface area contributed by atoms with Gasteiger partial charge >= 0.3 is 0 Å². The molecule has 0 spiro atoms. The van der Waals surface area contributed by atoms with Crippen LogP contribution in [-0.2, 0) is 6.54 Å². The summed E-state index contributed by atoms with van der Waals surface area (Å²) in [6, 6.07) is 29.7.